The molecule has 1 saturated heterocycles. The van der Waals surface area contributed by atoms with Crippen molar-refractivity contribution >= 4 is 52.0 Å². The summed E-state index contributed by atoms with van der Waals surface area (Å²) >= 11 is 5.90. The van der Waals surface area contributed by atoms with Crippen molar-refractivity contribution in [1.29, 1.82) is 0 Å². The molecule has 3 aromatic rings. The number of rotatable bonds is 6. The molecule has 2 bridgehead atoms. The average molecular weight is 500 g/mol. The van der Waals surface area contributed by atoms with Crippen molar-refractivity contribution in [2.45, 2.75) is 6.42 Å². The number of hydrogen-bond donors (Lipinski definition) is 1. The Morgan fingerprint density at radius 1 is 1.00 bits per heavy atom. The summed E-state index contributed by atoms with van der Waals surface area (Å²) in [4.78, 5) is 38.5. The van der Waals surface area contributed by atoms with Crippen LogP contribution in [0.25, 0.3) is 10.8 Å². The van der Waals surface area contributed by atoms with Gasteiger partial charge in [0.25, 0.3) is 17.7 Å². The van der Waals surface area contributed by atoms with Gasteiger partial charge in [0.1, 0.15) is 5.75 Å². The summed E-state index contributed by atoms with van der Waals surface area (Å²) in [5, 5.41) is 10.5. The average Bonchev–Trinajstić information content (AvgIpc) is 3.57. The van der Waals surface area contributed by atoms with E-state index in [-0.39, 0.29) is 48.0 Å². The van der Waals surface area contributed by atoms with Crippen LogP contribution in [-0.2, 0) is 14.4 Å². The van der Waals surface area contributed by atoms with Crippen LogP contribution >= 0.6 is 11.6 Å². The van der Waals surface area contributed by atoms with Crippen molar-refractivity contribution in [2.24, 2.45) is 28.8 Å². The summed E-state index contributed by atoms with van der Waals surface area (Å²) in [5.74, 6) is -0.807. The number of hydrazone groups is 1. The molecule has 1 heterocycles. The molecule has 3 aromatic carbocycles. The van der Waals surface area contributed by atoms with Crippen molar-refractivity contribution in [3.63, 3.8) is 0 Å². The second-order valence-corrected chi connectivity index (χ2v) is 9.71. The molecule has 0 radical (unpaired) electrons. The van der Waals surface area contributed by atoms with Crippen LogP contribution in [0.3, 0.4) is 0 Å². The molecule has 36 heavy (non-hydrogen) atoms. The van der Waals surface area contributed by atoms with E-state index in [1.54, 1.807) is 30.3 Å². The molecule has 6 rings (SSSR count). The van der Waals surface area contributed by atoms with Gasteiger partial charge in [-0.3, -0.25) is 14.4 Å². The zero-order valence-corrected chi connectivity index (χ0v) is 19.9. The van der Waals surface area contributed by atoms with Gasteiger partial charge in [-0.15, -0.1) is 0 Å². The number of carbonyl (C=O) groups excluding carboxylic acids is 3. The third-order valence-electron chi connectivity index (χ3n) is 7.17. The number of hydrogen-bond acceptors (Lipinski definition) is 5. The number of carbonyl (C=O) groups is 3. The maximum Gasteiger partial charge on any atom is 0.262 e. The van der Waals surface area contributed by atoms with E-state index < -0.39 is 0 Å². The van der Waals surface area contributed by atoms with Gasteiger partial charge in [-0.05, 0) is 59.4 Å². The molecule has 0 aromatic heterocycles. The predicted molar refractivity (Wildman–Crippen MR) is 137 cm³/mol. The summed E-state index contributed by atoms with van der Waals surface area (Å²) < 4.78 is 5.86. The Labute approximate surface area is 212 Å². The Bertz CT molecular complexity index is 1420. The van der Waals surface area contributed by atoms with E-state index in [0.717, 1.165) is 22.2 Å². The zero-order chi connectivity index (χ0) is 24.8. The number of amides is 3. The quantitative estimate of drug-likeness (QED) is 0.304. The number of ether oxygens (including phenoxy) is 1. The number of fused-ring (bicyclic) bond motifs is 6. The summed E-state index contributed by atoms with van der Waals surface area (Å²) in [6, 6.07) is 18.1. The summed E-state index contributed by atoms with van der Waals surface area (Å²) in [6.45, 7) is -0.234. The minimum absolute atomic E-state index is 0.118. The number of imide groups is 1. The highest BCUT2D eigenvalue weighted by molar-refractivity contribution is 6.30. The van der Waals surface area contributed by atoms with Crippen LogP contribution in [0.1, 0.15) is 12.0 Å². The zero-order valence-electron chi connectivity index (χ0n) is 19.1. The minimum atomic E-state index is -0.339. The fourth-order valence-corrected chi connectivity index (χ4v) is 5.65. The molecule has 3 amide bonds. The first-order chi connectivity index (χ1) is 17.5. The van der Waals surface area contributed by atoms with Gasteiger partial charge in [0.2, 0.25) is 0 Å². The molecule has 8 heteroatoms. The highest BCUT2D eigenvalue weighted by atomic mass is 35.5. The number of nitrogens with zero attached hydrogens (tertiary/aromatic N) is 2. The highest BCUT2D eigenvalue weighted by Gasteiger charge is 2.59. The topological polar surface area (TPSA) is 88.1 Å². The highest BCUT2D eigenvalue weighted by Crippen LogP contribution is 2.52. The first-order valence-electron chi connectivity index (χ1n) is 11.8. The Hall–Kier alpha value is -3.97. The predicted octanol–water partition coefficient (Wildman–Crippen LogP) is 4.65. The molecular weight excluding hydrogens is 478 g/mol. The lowest BCUT2D eigenvalue weighted by Crippen LogP contribution is -2.28. The SMILES string of the molecule is O=C(COc1ccc2ccccc2c1C=NN1C(=O)C2C3C=CC(C3)C2C1=O)Nc1ccc(Cl)cc1. The van der Waals surface area contributed by atoms with Gasteiger partial charge >= 0.3 is 0 Å². The molecule has 2 aliphatic carbocycles. The summed E-state index contributed by atoms with van der Waals surface area (Å²) in [7, 11) is 0. The largest absolute Gasteiger partial charge is 0.483 e. The smallest absolute Gasteiger partial charge is 0.262 e. The number of anilines is 1. The second-order valence-electron chi connectivity index (χ2n) is 9.27. The Morgan fingerprint density at radius 2 is 1.69 bits per heavy atom. The molecule has 4 atom stereocenters. The molecule has 1 N–H and O–H groups in total. The summed E-state index contributed by atoms with van der Waals surface area (Å²) in [5.41, 5.74) is 1.19. The van der Waals surface area contributed by atoms with E-state index in [2.05, 4.69) is 22.6 Å². The van der Waals surface area contributed by atoms with Crippen molar-refractivity contribution in [3.05, 3.63) is 83.4 Å². The number of nitrogens with one attached hydrogen (secondary N) is 1. The van der Waals surface area contributed by atoms with Crippen LogP contribution in [0.5, 0.6) is 5.75 Å². The molecule has 2 fully saturated rings. The second kappa shape index (κ2) is 8.91. The van der Waals surface area contributed by atoms with Crippen LogP contribution < -0.4 is 10.1 Å². The standard InChI is InChI=1S/C28H22ClN3O4/c29-19-8-10-20(11-9-19)31-24(33)15-36-23-12-7-16-3-1-2-4-21(16)22(23)14-30-32-27(34)25-17-5-6-18(13-17)26(25)28(32)35/h1-12,14,17-18,25-26H,13,15H2,(H,31,33). The monoisotopic (exact) mass is 499 g/mol. The van der Waals surface area contributed by atoms with Crippen LogP contribution in [-0.4, -0.2) is 35.6 Å². The third kappa shape index (κ3) is 3.85. The van der Waals surface area contributed by atoms with Gasteiger partial charge < -0.3 is 10.1 Å². The fraction of sp³-hybridized carbons (Fsp3) is 0.214. The van der Waals surface area contributed by atoms with Gasteiger partial charge in [-0.2, -0.15) is 10.1 Å². The van der Waals surface area contributed by atoms with Crippen molar-refractivity contribution in [3.8, 4) is 5.75 Å². The molecule has 0 spiro atoms. The lowest BCUT2D eigenvalue weighted by molar-refractivity contribution is -0.140. The number of allylic oxidation sites excluding steroid dienone is 2. The van der Waals surface area contributed by atoms with Gasteiger partial charge in [0, 0.05) is 16.3 Å². The Balaban J connectivity index is 1.24. The molecular formula is C28H22ClN3O4. The van der Waals surface area contributed by atoms with E-state index in [4.69, 9.17) is 16.3 Å². The van der Waals surface area contributed by atoms with Crippen LogP contribution in [0.2, 0.25) is 5.02 Å². The lowest BCUT2D eigenvalue weighted by atomic mass is 9.85. The molecule has 180 valence electrons. The number of benzene rings is 3. The first kappa shape index (κ1) is 22.5. The fourth-order valence-electron chi connectivity index (χ4n) is 5.52. The first-order valence-corrected chi connectivity index (χ1v) is 12.2. The third-order valence-corrected chi connectivity index (χ3v) is 7.42. The summed E-state index contributed by atoms with van der Waals surface area (Å²) in [6.07, 6.45) is 6.45. The minimum Gasteiger partial charge on any atom is -0.483 e. The van der Waals surface area contributed by atoms with Crippen molar-refractivity contribution < 1.29 is 19.1 Å². The van der Waals surface area contributed by atoms with E-state index in [0.29, 0.717) is 22.0 Å². The molecule has 3 aliphatic rings. The van der Waals surface area contributed by atoms with Gasteiger partial charge in [-0.1, -0.05) is 54.1 Å². The molecule has 4 unspecified atom stereocenters. The van der Waals surface area contributed by atoms with E-state index in [9.17, 15) is 14.4 Å². The van der Waals surface area contributed by atoms with Crippen molar-refractivity contribution in [2.75, 3.05) is 11.9 Å². The van der Waals surface area contributed by atoms with E-state index >= 15 is 0 Å². The molecule has 1 aliphatic heterocycles. The maximum atomic E-state index is 13.0. The van der Waals surface area contributed by atoms with E-state index in [1.807, 2.05) is 30.3 Å². The number of halogens is 1. The normalized spacial score (nSPS) is 24.2. The maximum absolute atomic E-state index is 13.0. The van der Waals surface area contributed by atoms with E-state index in [1.165, 1.54) is 6.21 Å². The Kier molecular flexibility index (Phi) is 5.57. The van der Waals surface area contributed by atoms with Gasteiger partial charge in [0.15, 0.2) is 6.61 Å². The van der Waals surface area contributed by atoms with Crippen molar-refractivity contribution in [1.82, 2.24) is 5.01 Å². The molecule has 1 saturated carbocycles. The lowest BCUT2D eigenvalue weighted by Gasteiger charge is -2.14. The van der Waals surface area contributed by atoms with Gasteiger partial charge in [0.05, 0.1) is 18.1 Å². The van der Waals surface area contributed by atoms with Gasteiger partial charge in [-0.25, -0.2) is 0 Å². The van der Waals surface area contributed by atoms with Crippen LogP contribution in [0.4, 0.5) is 5.69 Å². The van der Waals surface area contributed by atoms with Crippen LogP contribution in [0, 0.1) is 23.7 Å². The van der Waals surface area contributed by atoms with Crippen LogP contribution in [0.15, 0.2) is 77.9 Å². The molecule has 7 nitrogen and oxygen atoms in total. The Morgan fingerprint density at radius 3 is 2.42 bits per heavy atom.